The molecule has 0 saturated carbocycles. The second kappa shape index (κ2) is 9.27. The SMILES string of the molecule is CNC1CCCN(C(=O)Cc2coc(-c3cccs3)n2)C1.Cl.Cl. The molecule has 1 fully saturated rings. The molecule has 1 N–H and O–H groups in total. The van der Waals surface area contributed by atoms with Crippen molar-refractivity contribution < 1.29 is 9.21 Å². The summed E-state index contributed by atoms with van der Waals surface area (Å²) < 4.78 is 5.46. The highest BCUT2D eigenvalue weighted by Gasteiger charge is 2.23. The highest BCUT2D eigenvalue weighted by atomic mass is 35.5. The minimum Gasteiger partial charge on any atom is -0.444 e. The lowest BCUT2D eigenvalue weighted by Gasteiger charge is -2.32. The number of hydrogen-bond acceptors (Lipinski definition) is 5. The van der Waals surface area contributed by atoms with Gasteiger partial charge >= 0.3 is 0 Å². The largest absolute Gasteiger partial charge is 0.444 e. The van der Waals surface area contributed by atoms with Crippen molar-refractivity contribution in [3.05, 3.63) is 29.5 Å². The number of likely N-dealkylation sites (tertiary alicyclic amines) is 1. The van der Waals surface area contributed by atoms with Crippen LogP contribution in [0.25, 0.3) is 10.8 Å². The molecule has 2 aromatic heterocycles. The first-order chi connectivity index (χ1) is 10.3. The number of nitrogens with zero attached hydrogens (tertiary/aromatic N) is 2. The number of halogens is 2. The Morgan fingerprint density at radius 1 is 1.52 bits per heavy atom. The maximum Gasteiger partial charge on any atom is 0.236 e. The van der Waals surface area contributed by atoms with Gasteiger partial charge in [0.15, 0.2) is 0 Å². The molecule has 1 amide bonds. The molecule has 1 atom stereocenters. The lowest BCUT2D eigenvalue weighted by Crippen LogP contribution is -2.47. The smallest absolute Gasteiger partial charge is 0.236 e. The highest BCUT2D eigenvalue weighted by molar-refractivity contribution is 7.13. The van der Waals surface area contributed by atoms with Crippen LogP contribution in [0.4, 0.5) is 0 Å². The fourth-order valence-electron chi connectivity index (χ4n) is 2.61. The van der Waals surface area contributed by atoms with Crippen LogP contribution >= 0.6 is 36.2 Å². The molecule has 1 unspecified atom stereocenters. The Morgan fingerprint density at radius 3 is 3.04 bits per heavy atom. The van der Waals surface area contributed by atoms with Gasteiger partial charge in [-0.2, -0.15) is 0 Å². The fraction of sp³-hybridized carbons (Fsp3) is 0.467. The summed E-state index contributed by atoms with van der Waals surface area (Å²) in [7, 11) is 1.95. The zero-order valence-corrected chi connectivity index (χ0v) is 15.3. The Balaban J connectivity index is 0.00000132. The van der Waals surface area contributed by atoms with Crippen LogP contribution in [-0.4, -0.2) is 42.0 Å². The number of nitrogens with one attached hydrogen (secondary N) is 1. The molecule has 0 aliphatic carbocycles. The minimum absolute atomic E-state index is 0. The number of thiophene rings is 1. The first-order valence-electron chi connectivity index (χ1n) is 7.19. The molecule has 5 nitrogen and oxygen atoms in total. The fourth-order valence-corrected chi connectivity index (χ4v) is 3.26. The van der Waals surface area contributed by atoms with E-state index in [1.54, 1.807) is 17.6 Å². The molecule has 2 aromatic rings. The van der Waals surface area contributed by atoms with Gasteiger partial charge in [0.2, 0.25) is 11.8 Å². The van der Waals surface area contributed by atoms with Crippen molar-refractivity contribution in [2.45, 2.75) is 25.3 Å². The summed E-state index contributed by atoms with van der Waals surface area (Å²) in [5, 5.41) is 5.23. The van der Waals surface area contributed by atoms with E-state index in [0.29, 0.717) is 24.0 Å². The molecule has 8 heteroatoms. The van der Waals surface area contributed by atoms with Crippen LogP contribution in [0.2, 0.25) is 0 Å². The van der Waals surface area contributed by atoms with Gasteiger partial charge in [-0.05, 0) is 31.3 Å². The molecule has 128 valence electrons. The van der Waals surface area contributed by atoms with Crippen molar-refractivity contribution in [2.75, 3.05) is 20.1 Å². The second-order valence-corrected chi connectivity index (χ2v) is 6.21. The molecule has 1 aliphatic heterocycles. The number of piperidine rings is 1. The molecule has 1 aliphatic rings. The second-order valence-electron chi connectivity index (χ2n) is 5.27. The molecule has 0 bridgehead atoms. The average molecular weight is 378 g/mol. The number of hydrogen-bond donors (Lipinski definition) is 1. The van der Waals surface area contributed by atoms with E-state index < -0.39 is 0 Å². The van der Waals surface area contributed by atoms with Crippen molar-refractivity contribution in [3.8, 4) is 10.8 Å². The topological polar surface area (TPSA) is 58.4 Å². The predicted molar refractivity (Wildman–Crippen MR) is 96.7 cm³/mol. The number of carbonyl (C=O) groups is 1. The van der Waals surface area contributed by atoms with Crippen LogP contribution in [0.1, 0.15) is 18.5 Å². The van der Waals surface area contributed by atoms with Crippen molar-refractivity contribution in [3.63, 3.8) is 0 Å². The van der Waals surface area contributed by atoms with E-state index in [2.05, 4.69) is 10.3 Å². The van der Waals surface area contributed by atoms with Crippen LogP contribution in [0.3, 0.4) is 0 Å². The molecule has 23 heavy (non-hydrogen) atoms. The van der Waals surface area contributed by atoms with Gasteiger partial charge in [-0.3, -0.25) is 4.79 Å². The van der Waals surface area contributed by atoms with Gasteiger partial charge in [0, 0.05) is 19.1 Å². The molecule has 1 saturated heterocycles. The summed E-state index contributed by atoms with van der Waals surface area (Å²) in [5.41, 5.74) is 0.704. The van der Waals surface area contributed by atoms with Crippen molar-refractivity contribution >= 4 is 42.1 Å². The summed E-state index contributed by atoms with van der Waals surface area (Å²) >= 11 is 1.58. The molecule has 3 heterocycles. The van der Waals surface area contributed by atoms with Crippen LogP contribution in [0, 0.1) is 0 Å². The summed E-state index contributed by atoms with van der Waals surface area (Å²) in [6.07, 6.45) is 4.08. The summed E-state index contributed by atoms with van der Waals surface area (Å²) in [4.78, 5) is 19.7. The van der Waals surface area contributed by atoms with Gasteiger partial charge in [0.1, 0.15) is 6.26 Å². The predicted octanol–water partition coefficient (Wildman–Crippen LogP) is 3.00. The summed E-state index contributed by atoms with van der Waals surface area (Å²) in [6.45, 7) is 1.62. The van der Waals surface area contributed by atoms with E-state index in [-0.39, 0.29) is 30.7 Å². The monoisotopic (exact) mass is 377 g/mol. The van der Waals surface area contributed by atoms with Gasteiger partial charge in [-0.15, -0.1) is 36.2 Å². The summed E-state index contributed by atoms with van der Waals surface area (Å²) in [6, 6.07) is 4.33. The zero-order valence-electron chi connectivity index (χ0n) is 12.9. The quantitative estimate of drug-likeness (QED) is 0.889. The minimum atomic E-state index is 0. The van der Waals surface area contributed by atoms with Gasteiger partial charge < -0.3 is 14.6 Å². The summed E-state index contributed by atoms with van der Waals surface area (Å²) in [5.74, 6) is 0.723. The van der Waals surface area contributed by atoms with Crippen molar-refractivity contribution in [2.24, 2.45) is 0 Å². The number of oxazole rings is 1. The Kier molecular flexibility index (Phi) is 8.05. The normalized spacial score (nSPS) is 17.3. The third-order valence-corrected chi connectivity index (χ3v) is 4.66. The maximum atomic E-state index is 12.3. The van der Waals surface area contributed by atoms with Crippen LogP contribution < -0.4 is 5.32 Å². The highest BCUT2D eigenvalue weighted by Crippen LogP contribution is 2.24. The number of rotatable bonds is 4. The van der Waals surface area contributed by atoms with E-state index in [4.69, 9.17) is 4.42 Å². The lowest BCUT2D eigenvalue weighted by molar-refractivity contribution is -0.131. The Hall–Kier alpha value is -1.08. The number of amides is 1. The standard InChI is InChI=1S/C15H19N3O2S.2ClH/c1-16-11-4-2-6-18(9-11)14(19)8-12-10-20-15(17-12)13-5-3-7-21-13;;/h3,5,7,10-11,16H,2,4,6,8-9H2,1H3;2*1H. The van der Waals surface area contributed by atoms with Crippen molar-refractivity contribution in [1.82, 2.24) is 15.2 Å². The van der Waals surface area contributed by atoms with E-state index in [0.717, 1.165) is 30.8 Å². The first kappa shape index (κ1) is 20.0. The van der Waals surface area contributed by atoms with Gasteiger partial charge in [0.25, 0.3) is 0 Å². The molecule has 0 radical (unpaired) electrons. The van der Waals surface area contributed by atoms with Crippen LogP contribution in [0.5, 0.6) is 0 Å². The third kappa shape index (κ3) is 4.94. The molecule has 3 rings (SSSR count). The Bertz CT molecular complexity index is 604. The molecule has 0 spiro atoms. The molecule has 0 aromatic carbocycles. The van der Waals surface area contributed by atoms with Gasteiger partial charge in [-0.25, -0.2) is 4.98 Å². The average Bonchev–Trinajstić information content (AvgIpc) is 3.18. The van der Waals surface area contributed by atoms with E-state index in [1.165, 1.54) is 0 Å². The van der Waals surface area contributed by atoms with E-state index in [9.17, 15) is 4.79 Å². The van der Waals surface area contributed by atoms with E-state index >= 15 is 0 Å². The Morgan fingerprint density at radius 2 is 2.35 bits per heavy atom. The van der Waals surface area contributed by atoms with Gasteiger partial charge in [-0.1, -0.05) is 6.07 Å². The molecular weight excluding hydrogens is 357 g/mol. The number of likely N-dealkylation sites (N-methyl/N-ethyl adjacent to an activating group) is 1. The lowest BCUT2D eigenvalue weighted by atomic mass is 10.1. The Labute approximate surface area is 152 Å². The van der Waals surface area contributed by atoms with E-state index in [1.807, 2.05) is 29.5 Å². The van der Waals surface area contributed by atoms with Crippen LogP contribution in [-0.2, 0) is 11.2 Å². The molecular formula is C15H21Cl2N3O2S. The first-order valence-corrected chi connectivity index (χ1v) is 8.07. The maximum absolute atomic E-state index is 12.3. The van der Waals surface area contributed by atoms with Crippen LogP contribution in [0.15, 0.2) is 28.2 Å². The zero-order chi connectivity index (χ0) is 14.7. The van der Waals surface area contributed by atoms with Crippen molar-refractivity contribution in [1.29, 1.82) is 0 Å². The number of carbonyl (C=O) groups excluding carboxylic acids is 1. The number of aromatic nitrogens is 1. The van der Waals surface area contributed by atoms with Gasteiger partial charge in [0.05, 0.1) is 17.0 Å². The third-order valence-electron chi connectivity index (χ3n) is 3.80.